The Kier molecular flexibility index (Phi) is 2.02. The summed E-state index contributed by atoms with van der Waals surface area (Å²) >= 11 is 0. The molecule has 1 aliphatic heterocycles. The van der Waals surface area contributed by atoms with Gasteiger partial charge in [0.25, 0.3) is 0 Å². The van der Waals surface area contributed by atoms with E-state index in [4.69, 9.17) is 5.73 Å². The van der Waals surface area contributed by atoms with Crippen molar-refractivity contribution in [3.05, 3.63) is 12.3 Å². The first-order valence-electron chi connectivity index (χ1n) is 4.27. The summed E-state index contributed by atoms with van der Waals surface area (Å²) in [5, 5.41) is 9.31. The smallest absolute Gasteiger partial charge is 0.221 e. The fraction of sp³-hybridized carbons (Fsp3) is 0.500. The minimum Gasteiger partial charge on any atom is -0.391 e. The van der Waals surface area contributed by atoms with Gasteiger partial charge in [0.15, 0.2) is 0 Å². The Morgan fingerprint density at radius 2 is 2.46 bits per heavy atom. The van der Waals surface area contributed by atoms with E-state index in [1.54, 1.807) is 12.3 Å². The van der Waals surface area contributed by atoms with E-state index < -0.39 is 0 Å². The Hall–Kier alpha value is -1.36. The molecule has 2 rings (SSSR count). The first kappa shape index (κ1) is 8.25. The molecule has 0 bridgehead atoms. The lowest BCUT2D eigenvalue weighted by Crippen LogP contribution is -2.22. The topological polar surface area (TPSA) is 75.3 Å². The number of β-amino-alcohol motifs (C(OH)–C–C–N with tert-alkyl or cyclic N) is 1. The molecule has 1 saturated heterocycles. The van der Waals surface area contributed by atoms with Gasteiger partial charge in [0.05, 0.1) is 6.10 Å². The molecule has 2 heterocycles. The maximum atomic E-state index is 9.31. The summed E-state index contributed by atoms with van der Waals surface area (Å²) in [5.41, 5.74) is 5.45. The average Bonchev–Trinajstić information content (AvgIpc) is 2.52. The zero-order chi connectivity index (χ0) is 9.26. The Morgan fingerprint density at radius 3 is 3.08 bits per heavy atom. The van der Waals surface area contributed by atoms with Crippen molar-refractivity contribution >= 4 is 11.8 Å². The third kappa shape index (κ3) is 1.70. The molecule has 0 aliphatic carbocycles. The van der Waals surface area contributed by atoms with Crippen LogP contribution in [0.4, 0.5) is 11.8 Å². The quantitative estimate of drug-likeness (QED) is 0.616. The largest absolute Gasteiger partial charge is 0.391 e. The highest BCUT2D eigenvalue weighted by Crippen LogP contribution is 2.17. The molecule has 3 N–H and O–H groups in total. The molecule has 1 aromatic heterocycles. The van der Waals surface area contributed by atoms with Crippen LogP contribution in [-0.2, 0) is 0 Å². The minimum atomic E-state index is -0.240. The van der Waals surface area contributed by atoms with Gasteiger partial charge < -0.3 is 15.7 Å². The summed E-state index contributed by atoms with van der Waals surface area (Å²) in [7, 11) is 0. The van der Waals surface area contributed by atoms with Gasteiger partial charge in [-0.3, -0.25) is 0 Å². The van der Waals surface area contributed by atoms with E-state index in [0.29, 0.717) is 6.54 Å². The van der Waals surface area contributed by atoms with Crippen LogP contribution in [0.25, 0.3) is 0 Å². The fourth-order valence-corrected chi connectivity index (χ4v) is 1.49. The number of aromatic nitrogens is 2. The van der Waals surface area contributed by atoms with E-state index in [0.717, 1.165) is 18.8 Å². The van der Waals surface area contributed by atoms with E-state index in [2.05, 4.69) is 9.97 Å². The number of hydrogen-bond donors (Lipinski definition) is 2. The SMILES string of the molecule is Nc1nccc(N2CCC(O)C2)n1. The van der Waals surface area contributed by atoms with Crippen molar-refractivity contribution in [1.82, 2.24) is 9.97 Å². The van der Waals surface area contributed by atoms with Crippen molar-refractivity contribution in [3.8, 4) is 0 Å². The van der Waals surface area contributed by atoms with E-state index in [-0.39, 0.29) is 12.1 Å². The van der Waals surface area contributed by atoms with Gasteiger partial charge in [-0.05, 0) is 12.5 Å². The highest BCUT2D eigenvalue weighted by atomic mass is 16.3. The van der Waals surface area contributed by atoms with Crippen LogP contribution in [0.5, 0.6) is 0 Å². The second-order valence-electron chi connectivity index (χ2n) is 3.16. The lowest BCUT2D eigenvalue weighted by molar-refractivity contribution is 0.198. The monoisotopic (exact) mass is 180 g/mol. The molecule has 0 spiro atoms. The van der Waals surface area contributed by atoms with Crippen LogP contribution in [0.3, 0.4) is 0 Å². The van der Waals surface area contributed by atoms with Gasteiger partial charge >= 0.3 is 0 Å². The number of anilines is 2. The van der Waals surface area contributed by atoms with Gasteiger partial charge in [0.2, 0.25) is 5.95 Å². The Bertz CT molecular complexity index is 304. The molecule has 0 radical (unpaired) electrons. The third-order valence-electron chi connectivity index (χ3n) is 2.15. The van der Waals surface area contributed by atoms with Crippen LogP contribution in [0.2, 0.25) is 0 Å². The second kappa shape index (κ2) is 3.18. The van der Waals surface area contributed by atoms with Crippen molar-refractivity contribution in [2.45, 2.75) is 12.5 Å². The number of nitrogens with zero attached hydrogens (tertiary/aromatic N) is 3. The molecular formula is C8H12N4O. The molecule has 13 heavy (non-hydrogen) atoms. The predicted octanol–water partition coefficient (Wildman–Crippen LogP) is -0.370. The number of aliphatic hydroxyl groups is 1. The summed E-state index contributed by atoms with van der Waals surface area (Å²) < 4.78 is 0. The average molecular weight is 180 g/mol. The summed E-state index contributed by atoms with van der Waals surface area (Å²) in [6, 6.07) is 1.80. The normalized spacial score (nSPS) is 22.2. The highest BCUT2D eigenvalue weighted by molar-refractivity contribution is 5.42. The third-order valence-corrected chi connectivity index (χ3v) is 2.15. The lowest BCUT2D eigenvalue weighted by Gasteiger charge is -2.15. The molecule has 1 aliphatic rings. The maximum Gasteiger partial charge on any atom is 0.221 e. The van der Waals surface area contributed by atoms with Gasteiger partial charge in [0.1, 0.15) is 5.82 Å². The first-order chi connectivity index (χ1) is 6.25. The Morgan fingerprint density at radius 1 is 1.62 bits per heavy atom. The van der Waals surface area contributed by atoms with Gasteiger partial charge in [-0.1, -0.05) is 0 Å². The molecule has 1 atom stereocenters. The number of hydrogen-bond acceptors (Lipinski definition) is 5. The summed E-state index contributed by atoms with van der Waals surface area (Å²) in [4.78, 5) is 9.88. The number of aliphatic hydroxyl groups excluding tert-OH is 1. The first-order valence-corrected chi connectivity index (χ1v) is 4.27. The fourth-order valence-electron chi connectivity index (χ4n) is 1.49. The van der Waals surface area contributed by atoms with E-state index in [1.165, 1.54) is 0 Å². The zero-order valence-electron chi connectivity index (χ0n) is 7.22. The van der Waals surface area contributed by atoms with Crippen molar-refractivity contribution in [2.75, 3.05) is 23.7 Å². The minimum absolute atomic E-state index is 0.240. The van der Waals surface area contributed by atoms with Crippen LogP contribution >= 0.6 is 0 Å². The highest BCUT2D eigenvalue weighted by Gasteiger charge is 2.21. The molecule has 1 unspecified atom stereocenters. The summed E-state index contributed by atoms with van der Waals surface area (Å²) in [5.74, 6) is 1.07. The molecule has 0 saturated carbocycles. The van der Waals surface area contributed by atoms with Crippen molar-refractivity contribution in [2.24, 2.45) is 0 Å². The molecule has 1 fully saturated rings. The predicted molar refractivity (Wildman–Crippen MR) is 49.3 cm³/mol. The molecule has 5 heteroatoms. The van der Waals surface area contributed by atoms with Crippen LogP contribution < -0.4 is 10.6 Å². The molecule has 70 valence electrons. The van der Waals surface area contributed by atoms with Crippen LogP contribution in [0.1, 0.15) is 6.42 Å². The number of nitrogens with two attached hydrogens (primary N) is 1. The number of rotatable bonds is 1. The number of nitrogen functional groups attached to an aromatic ring is 1. The van der Waals surface area contributed by atoms with E-state index >= 15 is 0 Å². The van der Waals surface area contributed by atoms with Gasteiger partial charge in [0, 0.05) is 19.3 Å². The second-order valence-corrected chi connectivity index (χ2v) is 3.16. The summed E-state index contributed by atoms with van der Waals surface area (Å²) in [6.07, 6.45) is 2.18. The van der Waals surface area contributed by atoms with Gasteiger partial charge in [-0.2, -0.15) is 4.98 Å². The molecule has 1 aromatic rings. The molecule has 0 amide bonds. The van der Waals surface area contributed by atoms with Crippen LogP contribution in [0, 0.1) is 0 Å². The van der Waals surface area contributed by atoms with Crippen molar-refractivity contribution in [3.63, 3.8) is 0 Å². The Balaban J connectivity index is 2.16. The molecular weight excluding hydrogens is 168 g/mol. The van der Waals surface area contributed by atoms with E-state index in [9.17, 15) is 5.11 Å². The maximum absolute atomic E-state index is 9.31. The van der Waals surface area contributed by atoms with Gasteiger partial charge in [-0.25, -0.2) is 4.98 Å². The Labute approximate surface area is 76.2 Å². The molecule has 0 aromatic carbocycles. The van der Waals surface area contributed by atoms with Gasteiger partial charge in [-0.15, -0.1) is 0 Å². The van der Waals surface area contributed by atoms with Crippen molar-refractivity contribution in [1.29, 1.82) is 0 Å². The standard InChI is InChI=1S/C8H12N4O/c9-8-10-3-1-7(11-8)12-4-2-6(13)5-12/h1,3,6,13H,2,4-5H2,(H2,9,10,11). The zero-order valence-corrected chi connectivity index (χ0v) is 7.22. The van der Waals surface area contributed by atoms with Crippen molar-refractivity contribution < 1.29 is 5.11 Å². The summed E-state index contributed by atoms with van der Waals surface area (Å²) in [6.45, 7) is 1.47. The molecule has 5 nitrogen and oxygen atoms in total. The van der Waals surface area contributed by atoms with Crippen LogP contribution in [-0.4, -0.2) is 34.3 Å². The van der Waals surface area contributed by atoms with E-state index in [1.807, 2.05) is 4.90 Å². The van der Waals surface area contributed by atoms with Crippen LogP contribution in [0.15, 0.2) is 12.3 Å². The lowest BCUT2D eigenvalue weighted by atomic mass is 10.3.